The first-order valence-electron chi connectivity index (χ1n) is 7.42. The third-order valence-electron chi connectivity index (χ3n) is 3.04. The molecule has 0 saturated carbocycles. The quantitative estimate of drug-likeness (QED) is 0.283. The molecule has 130 valence electrons. The Morgan fingerprint density at radius 2 is 1.96 bits per heavy atom. The lowest BCUT2D eigenvalue weighted by Crippen LogP contribution is -2.38. The Morgan fingerprint density at radius 3 is 2.61 bits per heavy atom. The Balaban J connectivity index is 0.00000484. The van der Waals surface area contributed by atoms with Crippen LogP contribution >= 0.6 is 24.0 Å². The maximum absolute atomic E-state index is 11.1. The van der Waals surface area contributed by atoms with Crippen LogP contribution in [0.25, 0.3) is 0 Å². The molecule has 0 aliphatic rings. The van der Waals surface area contributed by atoms with Crippen molar-refractivity contribution in [1.29, 1.82) is 0 Å². The molecule has 1 aromatic rings. The second kappa shape index (κ2) is 13.0. The summed E-state index contributed by atoms with van der Waals surface area (Å²) >= 11 is 0. The van der Waals surface area contributed by atoms with Crippen LogP contribution in [0, 0.1) is 0 Å². The maximum Gasteiger partial charge on any atom is 0.307 e. The minimum Gasteiger partial charge on any atom is -0.496 e. The summed E-state index contributed by atoms with van der Waals surface area (Å²) in [6.45, 7) is 3.89. The summed E-state index contributed by atoms with van der Waals surface area (Å²) in [4.78, 5) is 15.4. The largest absolute Gasteiger partial charge is 0.496 e. The topological polar surface area (TPSA) is 72.0 Å². The zero-order valence-corrected chi connectivity index (χ0v) is 16.3. The molecule has 0 radical (unpaired) electrons. The summed E-state index contributed by atoms with van der Waals surface area (Å²) in [5.74, 6) is 1.33. The lowest BCUT2D eigenvalue weighted by molar-refractivity contribution is -0.140. The van der Waals surface area contributed by atoms with E-state index in [1.54, 1.807) is 7.11 Å². The number of nitrogens with one attached hydrogen (secondary N) is 2. The van der Waals surface area contributed by atoms with E-state index in [4.69, 9.17) is 4.74 Å². The van der Waals surface area contributed by atoms with Crippen molar-refractivity contribution in [2.75, 3.05) is 33.9 Å². The normalized spacial score (nSPS) is 10.5. The van der Waals surface area contributed by atoms with Gasteiger partial charge in [-0.15, -0.1) is 24.0 Å². The number of rotatable bonds is 8. The van der Waals surface area contributed by atoms with Crippen molar-refractivity contribution in [3.8, 4) is 5.75 Å². The molecular weight excluding hydrogens is 409 g/mol. The Labute approximate surface area is 155 Å². The van der Waals surface area contributed by atoms with E-state index in [0.717, 1.165) is 30.8 Å². The van der Waals surface area contributed by atoms with E-state index < -0.39 is 0 Å². The van der Waals surface area contributed by atoms with Crippen molar-refractivity contribution in [3.63, 3.8) is 0 Å². The zero-order valence-electron chi connectivity index (χ0n) is 13.9. The molecule has 0 spiro atoms. The van der Waals surface area contributed by atoms with Crippen LogP contribution in [0.3, 0.4) is 0 Å². The first-order valence-corrected chi connectivity index (χ1v) is 7.42. The number of ether oxygens (including phenoxy) is 2. The summed E-state index contributed by atoms with van der Waals surface area (Å²) in [6.07, 6.45) is 1.10. The van der Waals surface area contributed by atoms with Crippen molar-refractivity contribution in [2.24, 2.45) is 4.99 Å². The standard InChI is InChI=1S/C16H25N3O3.HI/c1-4-17-16(19-12-10-15(20)22-3)18-11-9-13-7-5-6-8-14(13)21-2;/h5-8H,4,9-12H2,1-3H3,(H2,17,18,19);1H. The molecule has 0 amide bonds. The van der Waals surface area contributed by atoms with Gasteiger partial charge in [-0.3, -0.25) is 9.79 Å². The van der Waals surface area contributed by atoms with E-state index in [-0.39, 0.29) is 36.4 Å². The average molecular weight is 435 g/mol. The lowest BCUT2D eigenvalue weighted by atomic mass is 10.1. The second-order valence-electron chi connectivity index (χ2n) is 4.58. The number of nitrogens with zero attached hydrogens (tertiary/aromatic N) is 1. The summed E-state index contributed by atoms with van der Waals surface area (Å²) in [6, 6.07) is 7.94. The van der Waals surface area contributed by atoms with Crippen LogP contribution in [0.1, 0.15) is 18.9 Å². The van der Waals surface area contributed by atoms with E-state index >= 15 is 0 Å². The number of methoxy groups -OCH3 is 2. The van der Waals surface area contributed by atoms with Crippen LogP contribution in [-0.2, 0) is 16.0 Å². The first kappa shape index (κ1) is 21.5. The van der Waals surface area contributed by atoms with E-state index in [2.05, 4.69) is 20.4 Å². The Bertz CT molecular complexity index is 495. The van der Waals surface area contributed by atoms with Gasteiger partial charge in [-0.2, -0.15) is 0 Å². The highest BCUT2D eigenvalue weighted by Crippen LogP contribution is 2.17. The molecule has 0 heterocycles. The van der Waals surface area contributed by atoms with Crippen molar-refractivity contribution in [1.82, 2.24) is 10.6 Å². The molecule has 23 heavy (non-hydrogen) atoms. The van der Waals surface area contributed by atoms with Crippen molar-refractivity contribution in [3.05, 3.63) is 29.8 Å². The fourth-order valence-electron chi connectivity index (χ4n) is 1.93. The fourth-order valence-corrected chi connectivity index (χ4v) is 1.93. The van der Waals surface area contributed by atoms with Crippen LogP contribution in [0.2, 0.25) is 0 Å². The molecule has 1 rings (SSSR count). The number of carbonyl (C=O) groups excluding carboxylic acids is 1. The van der Waals surface area contributed by atoms with Gasteiger partial charge in [0.05, 0.1) is 27.2 Å². The molecule has 0 bridgehead atoms. The number of halogens is 1. The van der Waals surface area contributed by atoms with E-state index in [0.29, 0.717) is 12.5 Å². The van der Waals surface area contributed by atoms with Crippen LogP contribution in [-0.4, -0.2) is 45.8 Å². The third-order valence-corrected chi connectivity index (χ3v) is 3.04. The minimum atomic E-state index is -0.256. The predicted octanol–water partition coefficient (Wildman–Crippen LogP) is 1.97. The molecule has 0 fully saturated rings. The monoisotopic (exact) mass is 435 g/mol. The number of guanidine groups is 1. The molecule has 1 aromatic carbocycles. The number of aliphatic imine (C=N–C) groups is 1. The van der Waals surface area contributed by atoms with Gasteiger partial charge in [-0.25, -0.2) is 0 Å². The summed E-state index contributed by atoms with van der Waals surface area (Å²) in [5.41, 5.74) is 1.14. The summed E-state index contributed by atoms with van der Waals surface area (Å²) in [5, 5.41) is 6.39. The number of carbonyl (C=O) groups is 1. The maximum atomic E-state index is 11.1. The predicted molar refractivity (Wildman–Crippen MR) is 103 cm³/mol. The molecule has 0 aliphatic carbocycles. The zero-order chi connectivity index (χ0) is 16.2. The van der Waals surface area contributed by atoms with Gasteiger partial charge in [0.15, 0.2) is 5.96 Å². The molecule has 7 heteroatoms. The molecule has 0 aromatic heterocycles. The van der Waals surface area contributed by atoms with Crippen LogP contribution in [0.5, 0.6) is 5.75 Å². The molecule has 0 saturated heterocycles. The third kappa shape index (κ3) is 8.63. The van der Waals surface area contributed by atoms with Gasteiger partial charge >= 0.3 is 5.97 Å². The highest BCUT2D eigenvalue weighted by atomic mass is 127. The van der Waals surface area contributed by atoms with Gasteiger partial charge < -0.3 is 20.1 Å². The van der Waals surface area contributed by atoms with Gasteiger partial charge in [0.2, 0.25) is 0 Å². The number of benzene rings is 1. The highest BCUT2D eigenvalue weighted by Gasteiger charge is 2.03. The second-order valence-corrected chi connectivity index (χ2v) is 4.58. The molecule has 0 unspecified atom stereocenters. The van der Waals surface area contributed by atoms with Crippen molar-refractivity contribution >= 4 is 35.9 Å². The van der Waals surface area contributed by atoms with Crippen LogP contribution in [0.15, 0.2) is 29.3 Å². The van der Waals surface area contributed by atoms with Crippen molar-refractivity contribution < 1.29 is 14.3 Å². The van der Waals surface area contributed by atoms with Gasteiger partial charge in [-0.05, 0) is 25.0 Å². The van der Waals surface area contributed by atoms with Crippen LogP contribution in [0.4, 0.5) is 0 Å². The van der Waals surface area contributed by atoms with Crippen molar-refractivity contribution in [2.45, 2.75) is 19.8 Å². The summed E-state index contributed by atoms with van der Waals surface area (Å²) in [7, 11) is 3.05. The first-order chi connectivity index (χ1) is 10.7. The van der Waals surface area contributed by atoms with Crippen LogP contribution < -0.4 is 15.4 Å². The Hall–Kier alpha value is -1.51. The average Bonchev–Trinajstić information content (AvgIpc) is 2.55. The lowest BCUT2D eigenvalue weighted by Gasteiger charge is -2.12. The fraction of sp³-hybridized carbons (Fsp3) is 0.500. The smallest absolute Gasteiger partial charge is 0.307 e. The number of hydrogen-bond donors (Lipinski definition) is 2. The SMILES string of the molecule is CCNC(=NCCC(=O)OC)NCCc1ccccc1OC.I. The van der Waals surface area contributed by atoms with Gasteiger partial charge in [0.25, 0.3) is 0 Å². The highest BCUT2D eigenvalue weighted by molar-refractivity contribution is 14.0. The van der Waals surface area contributed by atoms with Gasteiger partial charge in [-0.1, -0.05) is 18.2 Å². The molecule has 6 nitrogen and oxygen atoms in total. The minimum absolute atomic E-state index is 0. The molecule has 2 N–H and O–H groups in total. The Morgan fingerprint density at radius 1 is 1.22 bits per heavy atom. The molecule has 0 atom stereocenters. The van der Waals surface area contributed by atoms with E-state index in [1.165, 1.54) is 7.11 Å². The van der Waals surface area contributed by atoms with Gasteiger partial charge in [0, 0.05) is 13.1 Å². The van der Waals surface area contributed by atoms with Gasteiger partial charge in [0.1, 0.15) is 5.75 Å². The molecule has 0 aliphatic heterocycles. The summed E-state index contributed by atoms with van der Waals surface area (Å²) < 4.78 is 9.92. The Kier molecular flexibility index (Phi) is 12.1. The number of para-hydroxylation sites is 1. The van der Waals surface area contributed by atoms with E-state index in [1.807, 2.05) is 31.2 Å². The molecular formula is C16H26IN3O3. The number of esters is 1. The van der Waals surface area contributed by atoms with E-state index in [9.17, 15) is 4.79 Å². The number of hydrogen-bond acceptors (Lipinski definition) is 4.